The summed E-state index contributed by atoms with van der Waals surface area (Å²) in [5.41, 5.74) is 2.10. The largest absolute Gasteiger partial charge is 0.492 e. The Morgan fingerprint density at radius 1 is 1.20 bits per heavy atom. The minimum atomic E-state index is -0.276. The Bertz CT molecular complexity index is 859. The number of nitrogens with zero attached hydrogens (tertiary/aromatic N) is 1. The van der Waals surface area contributed by atoms with Crippen molar-refractivity contribution in [1.29, 1.82) is 0 Å². The van der Waals surface area contributed by atoms with Crippen molar-refractivity contribution in [1.82, 2.24) is 4.98 Å². The topological polar surface area (TPSA) is 61.6 Å². The predicted molar refractivity (Wildman–Crippen MR) is 90.7 cm³/mol. The van der Waals surface area contributed by atoms with Crippen molar-refractivity contribution in [2.45, 2.75) is 13.0 Å². The van der Waals surface area contributed by atoms with E-state index in [-0.39, 0.29) is 17.6 Å². The fourth-order valence-electron chi connectivity index (χ4n) is 2.87. The summed E-state index contributed by atoms with van der Waals surface area (Å²) in [6.07, 6.45) is 3.48. The molecule has 0 amide bonds. The molecule has 1 aliphatic rings. The van der Waals surface area contributed by atoms with E-state index in [1.165, 1.54) is 12.5 Å². The summed E-state index contributed by atoms with van der Waals surface area (Å²) in [6.45, 7) is 0.821. The van der Waals surface area contributed by atoms with Crippen molar-refractivity contribution in [2.75, 3.05) is 6.61 Å². The molecule has 1 aromatic heterocycles. The molecule has 0 N–H and O–H groups in total. The van der Waals surface area contributed by atoms with Crippen LogP contribution in [-0.4, -0.2) is 17.4 Å². The molecule has 0 saturated carbocycles. The van der Waals surface area contributed by atoms with Crippen LogP contribution in [0, 0.1) is 5.92 Å². The van der Waals surface area contributed by atoms with Crippen molar-refractivity contribution in [3.05, 3.63) is 78.0 Å². The fraction of sp³-hybridized carbons (Fsp3) is 0.200. The van der Waals surface area contributed by atoms with E-state index >= 15 is 0 Å². The molecule has 25 heavy (non-hydrogen) atoms. The lowest BCUT2D eigenvalue weighted by molar-refractivity contribution is 0.0818. The maximum absolute atomic E-state index is 12.3. The number of oxazole rings is 1. The van der Waals surface area contributed by atoms with Gasteiger partial charge in [0.1, 0.15) is 24.4 Å². The van der Waals surface area contributed by atoms with Crippen LogP contribution in [0.4, 0.5) is 0 Å². The molecule has 3 aromatic rings. The zero-order chi connectivity index (χ0) is 17.1. The number of rotatable bonds is 5. The Morgan fingerprint density at radius 2 is 2.08 bits per heavy atom. The van der Waals surface area contributed by atoms with Gasteiger partial charge in [-0.15, -0.1) is 0 Å². The zero-order valence-electron chi connectivity index (χ0n) is 13.6. The lowest BCUT2D eigenvalue weighted by atomic mass is 9.93. The van der Waals surface area contributed by atoms with Crippen molar-refractivity contribution in [3.63, 3.8) is 0 Å². The first-order valence-electron chi connectivity index (χ1n) is 8.16. The fourth-order valence-corrected chi connectivity index (χ4v) is 2.87. The number of aromatic nitrogens is 1. The second-order valence-electron chi connectivity index (χ2n) is 5.96. The van der Waals surface area contributed by atoms with Gasteiger partial charge in [-0.05, 0) is 23.6 Å². The molecule has 0 saturated heterocycles. The van der Waals surface area contributed by atoms with E-state index in [1.807, 2.05) is 48.5 Å². The van der Waals surface area contributed by atoms with Crippen LogP contribution in [0.1, 0.15) is 21.8 Å². The molecule has 4 rings (SSSR count). The minimum Gasteiger partial charge on any atom is -0.492 e. The maximum atomic E-state index is 12.3. The van der Waals surface area contributed by atoms with E-state index in [1.54, 1.807) is 0 Å². The summed E-state index contributed by atoms with van der Waals surface area (Å²) >= 11 is 0. The number of fused-ring (bicyclic) bond motifs is 1. The highest BCUT2D eigenvalue weighted by Gasteiger charge is 2.29. The van der Waals surface area contributed by atoms with E-state index in [4.69, 9.17) is 13.9 Å². The number of carbonyl (C=O) groups excluding carboxylic acids is 1. The first-order chi connectivity index (χ1) is 12.3. The molecule has 1 aliphatic heterocycles. The Hall–Kier alpha value is -3.08. The van der Waals surface area contributed by atoms with E-state index in [0.29, 0.717) is 19.6 Å². The normalized spacial score (nSPS) is 15.9. The van der Waals surface area contributed by atoms with Crippen LogP contribution < -0.4 is 9.47 Å². The molecule has 0 radical (unpaired) electrons. The smallest absolute Gasteiger partial charge is 0.263 e. The standard InChI is InChI=1S/C20H17NO4/c22-19(20-21-8-9-23-20)16-10-15-6-7-17(11-18(15)25-13-16)24-12-14-4-2-1-3-5-14/h1-9,11,16H,10,12-13H2/t16-/m0/s1. The maximum Gasteiger partial charge on any atom is 0.263 e. The molecule has 5 nitrogen and oxygen atoms in total. The van der Waals surface area contributed by atoms with E-state index in [2.05, 4.69) is 4.98 Å². The Kier molecular flexibility index (Phi) is 4.21. The molecule has 126 valence electrons. The molecular weight excluding hydrogens is 318 g/mol. The average molecular weight is 335 g/mol. The molecule has 2 aromatic carbocycles. The third-order valence-corrected chi connectivity index (χ3v) is 4.21. The molecule has 2 heterocycles. The van der Waals surface area contributed by atoms with Gasteiger partial charge in [0.05, 0.1) is 18.7 Å². The van der Waals surface area contributed by atoms with Crippen LogP contribution in [0.25, 0.3) is 0 Å². The number of ether oxygens (including phenoxy) is 2. The van der Waals surface area contributed by atoms with Crippen LogP contribution in [-0.2, 0) is 13.0 Å². The summed E-state index contributed by atoms with van der Waals surface area (Å²) in [7, 11) is 0. The highest BCUT2D eigenvalue weighted by molar-refractivity contribution is 5.94. The van der Waals surface area contributed by atoms with Crippen LogP contribution in [0.3, 0.4) is 0 Å². The molecule has 0 unspecified atom stereocenters. The second kappa shape index (κ2) is 6.81. The number of hydrogen-bond acceptors (Lipinski definition) is 5. The molecule has 0 fully saturated rings. The number of benzene rings is 2. The van der Waals surface area contributed by atoms with E-state index in [0.717, 1.165) is 22.6 Å². The van der Waals surface area contributed by atoms with Gasteiger partial charge in [-0.1, -0.05) is 36.4 Å². The number of ketones is 1. The van der Waals surface area contributed by atoms with E-state index < -0.39 is 0 Å². The van der Waals surface area contributed by atoms with Gasteiger partial charge in [0.2, 0.25) is 5.78 Å². The number of carbonyl (C=O) groups is 1. The molecule has 5 heteroatoms. The van der Waals surface area contributed by atoms with Gasteiger partial charge >= 0.3 is 0 Å². The molecule has 1 atom stereocenters. The van der Waals surface area contributed by atoms with Crippen molar-refractivity contribution < 1.29 is 18.7 Å². The highest BCUT2D eigenvalue weighted by Crippen LogP contribution is 2.32. The SMILES string of the molecule is O=C(c1ncco1)[C@@H]1COc2cc(OCc3ccccc3)ccc2C1. The minimum absolute atomic E-state index is 0.125. The van der Waals surface area contributed by atoms with Gasteiger partial charge < -0.3 is 13.9 Å². The quantitative estimate of drug-likeness (QED) is 0.666. The first kappa shape index (κ1) is 15.4. The summed E-state index contributed by atoms with van der Waals surface area (Å²) < 4.78 is 16.7. The molecule has 0 aliphatic carbocycles. The molecule has 0 spiro atoms. The molecular formula is C20H17NO4. The number of hydrogen-bond donors (Lipinski definition) is 0. The zero-order valence-corrected chi connectivity index (χ0v) is 13.6. The highest BCUT2D eigenvalue weighted by atomic mass is 16.5. The van der Waals surface area contributed by atoms with Crippen LogP contribution in [0.5, 0.6) is 11.5 Å². The Balaban J connectivity index is 1.43. The lowest BCUT2D eigenvalue weighted by Crippen LogP contribution is -2.28. The Labute approximate surface area is 145 Å². The summed E-state index contributed by atoms with van der Waals surface area (Å²) in [6, 6.07) is 15.7. The van der Waals surface area contributed by atoms with Gasteiger partial charge in [0, 0.05) is 6.07 Å². The van der Waals surface area contributed by atoms with Crippen molar-refractivity contribution >= 4 is 5.78 Å². The monoisotopic (exact) mass is 335 g/mol. The van der Waals surface area contributed by atoms with Crippen molar-refractivity contribution in [3.8, 4) is 11.5 Å². The van der Waals surface area contributed by atoms with Gasteiger partial charge in [-0.2, -0.15) is 0 Å². The van der Waals surface area contributed by atoms with Gasteiger partial charge in [-0.25, -0.2) is 4.98 Å². The third-order valence-electron chi connectivity index (χ3n) is 4.21. The van der Waals surface area contributed by atoms with Crippen LogP contribution in [0.2, 0.25) is 0 Å². The third kappa shape index (κ3) is 3.40. The first-order valence-corrected chi connectivity index (χ1v) is 8.16. The predicted octanol–water partition coefficient (Wildman–Crippen LogP) is 3.69. The summed E-state index contributed by atoms with van der Waals surface area (Å²) in [5, 5.41) is 0. The van der Waals surface area contributed by atoms with Crippen molar-refractivity contribution in [2.24, 2.45) is 5.92 Å². The van der Waals surface area contributed by atoms with Gasteiger partial charge in [0.15, 0.2) is 0 Å². The van der Waals surface area contributed by atoms with Gasteiger partial charge in [0.25, 0.3) is 5.89 Å². The number of Topliss-reactive ketones (excluding diaryl/α,β-unsaturated/α-hetero) is 1. The average Bonchev–Trinajstić information content (AvgIpc) is 3.21. The van der Waals surface area contributed by atoms with E-state index in [9.17, 15) is 4.79 Å². The van der Waals surface area contributed by atoms with Crippen LogP contribution in [0.15, 0.2) is 65.4 Å². The summed E-state index contributed by atoms with van der Waals surface area (Å²) in [5.74, 6) is 1.25. The van der Waals surface area contributed by atoms with Gasteiger partial charge in [-0.3, -0.25) is 4.79 Å². The molecule has 0 bridgehead atoms. The lowest BCUT2D eigenvalue weighted by Gasteiger charge is -2.24. The van der Waals surface area contributed by atoms with Crippen LogP contribution >= 0.6 is 0 Å². The summed E-state index contributed by atoms with van der Waals surface area (Å²) in [4.78, 5) is 16.3. The second-order valence-corrected chi connectivity index (χ2v) is 5.96. The Morgan fingerprint density at radius 3 is 2.88 bits per heavy atom.